The zero-order valence-electron chi connectivity index (χ0n) is 15.7. The molecule has 2 N–H and O–H groups in total. The topological polar surface area (TPSA) is 76.0 Å². The van der Waals surface area contributed by atoms with Crippen molar-refractivity contribution in [2.24, 2.45) is 5.92 Å². The molecule has 2 aromatic rings. The molecule has 27 heavy (non-hydrogen) atoms. The van der Waals surface area contributed by atoms with Crippen molar-refractivity contribution in [3.05, 3.63) is 42.3 Å². The van der Waals surface area contributed by atoms with Gasteiger partial charge in [0.25, 0.3) is 0 Å². The number of nitrogens with zero attached hydrogens (tertiary/aromatic N) is 2. The number of halogens is 1. The van der Waals surface area contributed by atoms with Gasteiger partial charge < -0.3 is 5.32 Å². The lowest BCUT2D eigenvalue weighted by molar-refractivity contribution is 0.336. The third-order valence-electron chi connectivity index (χ3n) is 5.08. The molecule has 0 aliphatic heterocycles. The number of anilines is 1. The summed E-state index contributed by atoms with van der Waals surface area (Å²) in [4.78, 5) is 0. The van der Waals surface area contributed by atoms with Crippen molar-refractivity contribution < 1.29 is 12.8 Å². The number of para-hydroxylation sites is 1. The molecule has 1 aliphatic rings. The molecule has 1 saturated carbocycles. The van der Waals surface area contributed by atoms with Gasteiger partial charge in [-0.3, -0.25) is 0 Å². The Hall–Kier alpha value is -1.93. The van der Waals surface area contributed by atoms with E-state index in [9.17, 15) is 12.8 Å². The van der Waals surface area contributed by atoms with Crippen LogP contribution in [0.3, 0.4) is 0 Å². The van der Waals surface area contributed by atoms with Crippen molar-refractivity contribution in [3.8, 4) is 5.69 Å². The van der Waals surface area contributed by atoms with Gasteiger partial charge in [-0.05, 0) is 57.6 Å². The van der Waals surface area contributed by atoms with Crippen molar-refractivity contribution in [2.45, 2.75) is 50.8 Å². The second kappa shape index (κ2) is 8.39. The molecule has 0 saturated heterocycles. The molecule has 0 spiro atoms. The van der Waals surface area contributed by atoms with Crippen LogP contribution in [-0.4, -0.2) is 36.0 Å². The molecule has 1 heterocycles. The number of hydrogen-bond acceptors (Lipinski definition) is 4. The average Bonchev–Trinajstić information content (AvgIpc) is 3.09. The van der Waals surface area contributed by atoms with E-state index in [2.05, 4.69) is 15.1 Å². The Kier molecular flexibility index (Phi) is 6.16. The summed E-state index contributed by atoms with van der Waals surface area (Å²) in [6.07, 6.45) is 5.59. The van der Waals surface area contributed by atoms with Crippen molar-refractivity contribution in [1.29, 1.82) is 0 Å². The largest absolute Gasteiger partial charge is 0.366 e. The molecule has 1 aromatic heterocycles. The van der Waals surface area contributed by atoms with E-state index in [0.717, 1.165) is 31.5 Å². The molecular weight excluding hydrogens is 367 g/mol. The molecule has 148 valence electrons. The molecule has 1 fully saturated rings. The van der Waals surface area contributed by atoms with E-state index >= 15 is 0 Å². The summed E-state index contributed by atoms with van der Waals surface area (Å²) in [6, 6.07) is 8.68. The van der Waals surface area contributed by atoms with E-state index in [0.29, 0.717) is 24.2 Å². The first kappa shape index (κ1) is 19.8. The molecule has 3 rings (SSSR count). The van der Waals surface area contributed by atoms with Crippen LogP contribution in [0.1, 0.15) is 39.5 Å². The Labute approximate surface area is 160 Å². The zero-order valence-corrected chi connectivity index (χ0v) is 16.5. The van der Waals surface area contributed by atoms with E-state index in [1.54, 1.807) is 38.2 Å². The summed E-state index contributed by atoms with van der Waals surface area (Å²) in [5, 5.41) is 7.42. The Morgan fingerprint density at radius 2 is 1.89 bits per heavy atom. The van der Waals surface area contributed by atoms with Crippen LogP contribution < -0.4 is 10.0 Å². The van der Waals surface area contributed by atoms with E-state index in [1.165, 1.54) is 10.7 Å². The smallest absolute Gasteiger partial charge is 0.213 e. The second-order valence-electron chi connectivity index (χ2n) is 7.40. The third kappa shape index (κ3) is 5.07. The zero-order chi connectivity index (χ0) is 19.4. The van der Waals surface area contributed by atoms with Gasteiger partial charge in [0.05, 0.1) is 5.25 Å². The summed E-state index contributed by atoms with van der Waals surface area (Å²) < 4.78 is 41.8. The molecule has 0 unspecified atom stereocenters. The Balaban J connectivity index is 1.49. The molecule has 0 amide bonds. The highest BCUT2D eigenvalue weighted by atomic mass is 32.2. The minimum absolute atomic E-state index is 0.298. The van der Waals surface area contributed by atoms with Gasteiger partial charge in [0.15, 0.2) is 0 Å². The highest BCUT2D eigenvalue weighted by Gasteiger charge is 2.24. The van der Waals surface area contributed by atoms with Gasteiger partial charge in [-0.1, -0.05) is 12.1 Å². The average molecular weight is 395 g/mol. The lowest BCUT2D eigenvalue weighted by Crippen LogP contribution is -2.37. The van der Waals surface area contributed by atoms with Crippen LogP contribution in [0.25, 0.3) is 5.69 Å². The normalized spacial score (nSPS) is 20.7. The fourth-order valence-electron chi connectivity index (χ4n) is 3.29. The van der Waals surface area contributed by atoms with Crippen LogP contribution in [0.2, 0.25) is 0 Å². The van der Waals surface area contributed by atoms with E-state index in [4.69, 9.17) is 0 Å². The minimum atomic E-state index is -3.20. The van der Waals surface area contributed by atoms with Crippen molar-refractivity contribution in [1.82, 2.24) is 14.5 Å². The van der Waals surface area contributed by atoms with Gasteiger partial charge in [-0.2, -0.15) is 5.10 Å². The monoisotopic (exact) mass is 394 g/mol. The lowest BCUT2D eigenvalue weighted by Gasteiger charge is -2.29. The van der Waals surface area contributed by atoms with Crippen LogP contribution in [0.4, 0.5) is 10.2 Å². The maximum absolute atomic E-state index is 13.9. The summed E-state index contributed by atoms with van der Waals surface area (Å²) in [5.74, 6) is 0.784. The summed E-state index contributed by atoms with van der Waals surface area (Å²) >= 11 is 0. The molecule has 6 nitrogen and oxygen atoms in total. The molecular formula is C19H27FN4O2S. The van der Waals surface area contributed by atoms with Crippen molar-refractivity contribution >= 4 is 15.8 Å². The highest BCUT2D eigenvalue weighted by molar-refractivity contribution is 7.90. The Bertz CT molecular complexity index is 858. The number of nitrogens with one attached hydrogen (secondary N) is 2. The van der Waals surface area contributed by atoms with Crippen molar-refractivity contribution in [2.75, 3.05) is 11.9 Å². The molecule has 1 aliphatic carbocycles. The SMILES string of the molecule is CC(C)S(=O)(=O)NC[C@H]1CC[C@H](Nc2ccn(-c3ccccc3F)n2)CC1. The quantitative estimate of drug-likeness (QED) is 0.755. The number of aromatic nitrogens is 2. The number of benzene rings is 1. The van der Waals surface area contributed by atoms with Crippen LogP contribution in [0.5, 0.6) is 0 Å². The van der Waals surface area contributed by atoms with Gasteiger partial charge in [0, 0.05) is 24.8 Å². The molecule has 0 atom stereocenters. The first-order valence-corrected chi connectivity index (χ1v) is 11.0. The summed E-state index contributed by atoms with van der Waals surface area (Å²) in [6.45, 7) is 3.88. The first-order chi connectivity index (χ1) is 12.8. The summed E-state index contributed by atoms with van der Waals surface area (Å²) in [5.41, 5.74) is 0.423. The fraction of sp³-hybridized carbons (Fsp3) is 0.526. The second-order valence-corrected chi connectivity index (χ2v) is 9.72. The molecule has 8 heteroatoms. The van der Waals surface area contributed by atoms with Gasteiger partial charge in [0.1, 0.15) is 17.3 Å². The predicted octanol–water partition coefficient (Wildman–Crippen LogP) is 3.31. The fourth-order valence-corrected chi connectivity index (χ4v) is 4.09. The Morgan fingerprint density at radius 1 is 1.19 bits per heavy atom. The number of hydrogen-bond donors (Lipinski definition) is 2. The van der Waals surface area contributed by atoms with Gasteiger partial charge in [-0.15, -0.1) is 0 Å². The maximum atomic E-state index is 13.9. The van der Waals surface area contributed by atoms with Gasteiger partial charge >= 0.3 is 0 Å². The van der Waals surface area contributed by atoms with E-state index in [1.807, 2.05) is 6.07 Å². The van der Waals surface area contributed by atoms with Crippen LogP contribution >= 0.6 is 0 Å². The van der Waals surface area contributed by atoms with Crippen LogP contribution in [0, 0.1) is 11.7 Å². The lowest BCUT2D eigenvalue weighted by atomic mass is 9.86. The van der Waals surface area contributed by atoms with Crippen LogP contribution in [-0.2, 0) is 10.0 Å². The van der Waals surface area contributed by atoms with Gasteiger partial charge in [-0.25, -0.2) is 22.2 Å². The Morgan fingerprint density at radius 3 is 2.56 bits per heavy atom. The third-order valence-corrected chi connectivity index (χ3v) is 6.89. The van der Waals surface area contributed by atoms with Gasteiger partial charge in [0.2, 0.25) is 10.0 Å². The molecule has 1 aromatic carbocycles. The summed E-state index contributed by atoms with van der Waals surface area (Å²) in [7, 11) is -3.20. The standard InChI is InChI=1S/C19H27FN4O2S/c1-14(2)27(25,26)21-13-15-7-9-16(10-8-15)22-19-11-12-24(23-19)18-6-4-3-5-17(18)20/h3-6,11-12,14-16,21H,7-10,13H2,1-2H3,(H,22,23)/t15-,16-. The maximum Gasteiger partial charge on any atom is 0.213 e. The van der Waals surface area contributed by atoms with E-state index < -0.39 is 15.3 Å². The van der Waals surface area contributed by atoms with Crippen LogP contribution in [0.15, 0.2) is 36.5 Å². The number of sulfonamides is 1. The van der Waals surface area contributed by atoms with E-state index in [-0.39, 0.29) is 5.82 Å². The highest BCUT2D eigenvalue weighted by Crippen LogP contribution is 2.26. The first-order valence-electron chi connectivity index (χ1n) is 9.41. The molecule has 0 bridgehead atoms. The van der Waals surface area contributed by atoms with Crippen molar-refractivity contribution in [3.63, 3.8) is 0 Å². The molecule has 0 radical (unpaired) electrons. The minimum Gasteiger partial charge on any atom is -0.366 e. The number of rotatable bonds is 7. The predicted molar refractivity (Wildman–Crippen MR) is 105 cm³/mol.